The average Bonchev–Trinajstić information content (AvgIpc) is 3.47. The Bertz CT molecular complexity index is 1060. The van der Waals surface area contributed by atoms with Gasteiger partial charge in [0, 0.05) is 6.42 Å². The van der Waals surface area contributed by atoms with Gasteiger partial charge < -0.3 is 9.15 Å². The molecule has 1 amide bonds. The minimum absolute atomic E-state index is 0.0876. The molecule has 3 heterocycles. The SMILES string of the molecule is CC(=O)c1cc(F)ccc1OCC(=O)N1N=C(c2cccs2)CC1c1ccco1. The van der Waals surface area contributed by atoms with Crippen LogP contribution < -0.4 is 4.74 Å². The number of ketones is 1. The second kappa shape index (κ2) is 8.00. The maximum Gasteiger partial charge on any atom is 0.281 e. The van der Waals surface area contributed by atoms with Crippen LogP contribution in [-0.2, 0) is 4.79 Å². The molecule has 0 bridgehead atoms. The summed E-state index contributed by atoms with van der Waals surface area (Å²) < 4.78 is 24.5. The first kappa shape index (κ1) is 19.1. The Morgan fingerprint density at radius 2 is 2.17 bits per heavy atom. The van der Waals surface area contributed by atoms with Crippen molar-refractivity contribution in [2.45, 2.75) is 19.4 Å². The van der Waals surface area contributed by atoms with E-state index in [1.165, 1.54) is 24.1 Å². The lowest BCUT2D eigenvalue weighted by Crippen LogP contribution is -2.31. The normalized spacial score (nSPS) is 16.0. The third kappa shape index (κ3) is 3.97. The second-order valence-electron chi connectivity index (χ2n) is 6.48. The summed E-state index contributed by atoms with van der Waals surface area (Å²) in [5, 5.41) is 7.80. The molecule has 8 heteroatoms. The Hall–Kier alpha value is -3.26. The zero-order valence-electron chi connectivity index (χ0n) is 15.5. The van der Waals surface area contributed by atoms with E-state index >= 15 is 0 Å². The van der Waals surface area contributed by atoms with E-state index in [9.17, 15) is 14.0 Å². The molecule has 4 rings (SSSR count). The molecule has 3 aromatic rings. The van der Waals surface area contributed by atoms with Gasteiger partial charge in [-0.3, -0.25) is 9.59 Å². The maximum atomic E-state index is 13.4. The van der Waals surface area contributed by atoms with Gasteiger partial charge in [0.15, 0.2) is 12.4 Å². The quantitative estimate of drug-likeness (QED) is 0.561. The smallest absolute Gasteiger partial charge is 0.281 e. The van der Waals surface area contributed by atoms with Crippen molar-refractivity contribution in [2.75, 3.05) is 6.61 Å². The Balaban J connectivity index is 1.55. The fourth-order valence-electron chi connectivity index (χ4n) is 3.14. The van der Waals surface area contributed by atoms with Crippen LogP contribution in [0.5, 0.6) is 5.75 Å². The van der Waals surface area contributed by atoms with Gasteiger partial charge in [-0.05, 0) is 48.7 Å². The lowest BCUT2D eigenvalue weighted by Gasteiger charge is -2.20. The predicted octanol–water partition coefficient (Wildman–Crippen LogP) is 4.44. The highest BCUT2D eigenvalue weighted by atomic mass is 32.1. The lowest BCUT2D eigenvalue weighted by atomic mass is 10.1. The van der Waals surface area contributed by atoms with E-state index < -0.39 is 11.7 Å². The highest BCUT2D eigenvalue weighted by Gasteiger charge is 2.35. The van der Waals surface area contributed by atoms with Gasteiger partial charge in [0.2, 0.25) is 0 Å². The molecule has 6 nitrogen and oxygen atoms in total. The molecule has 0 saturated carbocycles. The summed E-state index contributed by atoms with van der Waals surface area (Å²) in [4.78, 5) is 25.6. The van der Waals surface area contributed by atoms with E-state index in [1.54, 1.807) is 29.7 Å². The summed E-state index contributed by atoms with van der Waals surface area (Å²) in [7, 11) is 0. The number of thiophene rings is 1. The zero-order valence-corrected chi connectivity index (χ0v) is 16.3. The molecule has 0 saturated heterocycles. The van der Waals surface area contributed by atoms with Crippen LogP contribution in [0.15, 0.2) is 63.6 Å². The highest BCUT2D eigenvalue weighted by molar-refractivity contribution is 7.12. The molecular weight excluding hydrogens is 395 g/mol. The van der Waals surface area contributed by atoms with E-state index in [4.69, 9.17) is 9.15 Å². The first-order chi connectivity index (χ1) is 14.0. The number of carbonyl (C=O) groups excluding carboxylic acids is 2. The predicted molar refractivity (Wildman–Crippen MR) is 106 cm³/mol. The second-order valence-corrected chi connectivity index (χ2v) is 7.43. The van der Waals surface area contributed by atoms with Crippen LogP contribution in [0.2, 0.25) is 0 Å². The van der Waals surface area contributed by atoms with Crippen molar-refractivity contribution >= 4 is 28.7 Å². The summed E-state index contributed by atoms with van der Waals surface area (Å²) in [5.41, 5.74) is 0.880. The zero-order chi connectivity index (χ0) is 20.4. The van der Waals surface area contributed by atoms with Crippen LogP contribution in [0.4, 0.5) is 4.39 Å². The van der Waals surface area contributed by atoms with Crippen molar-refractivity contribution in [3.63, 3.8) is 0 Å². The lowest BCUT2D eigenvalue weighted by molar-refractivity contribution is -0.135. The number of amides is 1. The molecule has 2 aromatic heterocycles. The van der Waals surface area contributed by atoms with Gasteiger partial charge in [0.25, 0.3) is 5.91 Å². The average molecular weight is 412 g/mol. The minimum atomic E-state index is -0.545. The molecule has 29 heavy (non-hydrogen) atoms. The van der Waals surface area contributed by atoms with Gasteiger partial charge >= 0.3 is 0 Å². The molecule has 1 aliphatic rings. The van der Waals surface area contributed by atoms with Crippen LogP contribution >= 0.6 is 11.3 Å². The number of carbonyl (C=O) groups is 2. The number of nitrogens with zero attached hydrogens (tertiary/aromatic N) is 2. The van der Waals surface area contributed by atoms with Crippen molar-refractivity contribution < 1.29 is 23.1 Å². The van der Waals surface area contributed by atoms with Crippen molar-refractivity contribution in [3.05, 3.63) is 76.1 Å². The number of halogens is 1. The van der Waals surface area contributed by atoms with E-state index in [0.29, 0.717) is 12.2 Å². The number of benzene rings is 1. The largest absolute Gasteiger partial charge is 0.483 e. The van der Waals surface area contributed by atoms with Crippen LogP contribution in [0.1, 0.15) is 40.4 Å². The molecular formula is C21H17FN2O4S. The Labute approximate surface area is 170 Å². The molecule has 148 valence electrons. The fraction of sp³-hybridized carbons (Fsp3) is 0.190. The molecule has 1 aromatic carbocycles. The molecule has 1 unspecified atom stereocenters. The number of hydrogen-bond donors (Lipinski definition) is 0. The van der Waals surface area contributed by atoms with Crippen LogP contribution in [0, 0.1) is 5.82 Å². The van der Waals surface area contributed by atoms with Gasteiger partial charge in [-0.1, -0.05) is 6.07 Å². The Morgan fingerprint density at radius 3 is 2.86 bits per heavy atom. The van der Waals surface area contributed by atoms with E-state index in [-0.39, 0.29) is 29.7 Å². The van der Waals surface area contributed by atoms with E-state index in [1.807, 2.05) is 17.5 Å². The van der Waals surface area contributed by atoms with Crippen LogP contribution in [0.25, 0.3) is 0 Å². The monoisotopic (exact) mass is 412 g/mol. The van der Waals surface area contributed by atoms with Crippen LogP contribution in [0.3, 0.4) is 0 Å². The van der Waals surface area contributed by atoms with Crippen molar-refractivity contribution in [2.24, 2.45) is 5.10 Å². The third-order valence-electron chi connectivity index (χ3n) is 4.52. The molecule has 0 aliphatic carbocycles. The number of rotatable bonds is 6. The van der Waals surface area contributed by atoms with Gasteiger partial charge in [-0.2, -0.15) is 5.10 Å². The summed E-state index contributed by atoms with van der Waals surface area (Å²) in [5.74, 6) is -0.504. The maximum absolute atomic E-state index is 13.4. The van der Waals surface area contributed by atoms with E-state index in [2.05, 4.69) is 5.10 Å². The standard InChI is InChI=1S/C21H17FN2O4S/c1-13(25)15-10-14(22)6-7-18(15)28-12-21(26)24-17(19-4-2-8-27-19)11-16(23-24)20-5-3-9-29-20/h2-10,17H,11-12H2,1H3. The fourth-order valence-corrected chi connectivity index (χ4v) is 3.86. The third-order valence-corrected chi connectivity index (χ3v) is 5.43. The van der Waals surface area contributed by atoms with Gasteiger partial charge in [0.1, 0.15) is 23.4 Å². The molecule has 1 aliphatic heterocycles. The summed E-state index contributed by atoms with van der Waals surface area (Å²) in [6.07, 6.45) is 2.07. The van der Waals surface area contributed by atoms with Crippen molar-refractivity contribution in [1.29, 1.82) is 0 Å². The number of hydrazone groups is 1. The van der Waals surface area contributed by atoms with Gasteiger partial charge in [0.05, 0.1) is 22.4 Å². The topological polar surface area (TPSA) is 72.1 Å². The van der Waals surface area contributed by atoms with Crippen LogP contribution in [-0.4, -0.2) is 29.0 Å². The number of ether oxygens (including phenoxy) is 1. The first-order valence-electron chi connectivity index (χ1n) is 8.93. The molecule has 0 fully saturated rings. The van der Waals surface area contributed by atoms with E-state index in [0.717, 1.165) is 16.7 Å². The number of hydrogen-bond acceptors (Lipinski definition) is 6. The first-order valence-corrected chi connectivity index (χ1v) is 9.81. The molecule has 1 atom stereocenters. The number of Topliss-reactive ketones (excluding diaryl/α,β-unsaturated/α-hetero) is 1. The Kier molecular flexibility index (Phi) is 5.26. The summed E-state index contributed by atoms with van der Waals surface area (Å²) in [6.45, 7) is 0.971. The van der Waals surface area contributed by atoms with Gasteiger partial charge in [-0.25, -0.2) is 9.40 Å². The highest BCUT2D eigenvalue weighted by Crippen LogP contribution is 2.34. The molecule has 0 N–H and O–H groups in total. The number of furan rings is 1. The Morgan fingerprint density at radius 1 is 1.31 bits per heavy atom. The summed E-state index contributed by atoms with van der Waals surface area (Å²) >= 11 is 1.55. The molecule has 0 spiro atoms. The minimum Gasteiger partial charge on any atom is -0.483 e. The van der Waals surface area contributed by atoms with Crippen molar-refractivity contribution in [3.8, 4) is 5.75 Å². The van der Waals surface area contributed by atoms with Crippen molar-refractivity contribution in [1.82, 2.24) is 5.01 Å². The van der Waals surface area contributed by atoms with Gasteiger partial charge in [-0.15, -0.1) is 11.3 Å². The molecule has 0 radical (unpaired) electrons. The summed E-state index contributed by atoms with van der Waals surface area (Å²) in [6, 6.07) is 10.7.